The largest absolute Gasteiger partial charge is 0.741 e. The van der Waals surface area contributed by atoms with E-state index in [-0.39, 0.29) is 19.6 Å². The Labute approximate surface area is 427 Å². The van der Waals surface area contributed by atoms with Crippen molar-refractivity contribution in [3.63, 3.8) is 0 Å². The highest BCUT2D eigenvalue weighted by Gasteiger charge is 2.39. The van der Waals surface area contributed by atoms with Gasteiger partial charge in [-0.25, -0.2) is 68.8 Å². The van der Waals surface area contributed by atoms with Crippen LogP contribution in [0.1, 0.15) is 0 Å². The molecule has 6 aromatic carbocycles. The molecule has 0 saturated heterocycles. The van der Waals surface area contributed by atoms with Crippen LogP contribution < -0.4 is 0 Å². The Morgan fingerprint density at radius 3 is 0.730 bits per heavy atom. The summed E-state index contributed by atoms with van der Waals surface area (Å²) in [4.78, 5) is -0.775. The topological polar surface area (TPSA) is 183 Å². The Balaban J connectivity index is 0.000000303. The zero-order valence-corrected chi connectivity index (χ0v) is 43.6. The molecule has 0 N–H and O–H groups in total. The van der Waals surface area contributed by atoms with Crippen molar-refractivity contribution in [1.29, 1.82) is 0 Å². The number of thioether (sulfide) groups is 2. The van der Waals surface area contributed by atoms with Crippen LogP contribution >= 0.6 is 23.5 Å². The Morgan fingerprint density at radius 2 is 0.568 bits per heavy atom. The number of halogens is 14. The highest BCUT2D eigenvalue weighted by molar-refractivity contribution is 7.99. The fourth-order valence-electron chi connectivity index (χ4n) is 5.65. The molecule has 32 heteroatoms. The SMILES string of the molecule is CS(=O)(=O)c1c(F)cc([S+](c2ccccc2)c2cc(F)c(S(C)(=O)=O)c(F)c2)cc1F.CSc1c(F)cc([S+](c2ccccc2)c2cc(F)c(SC)c(F)c2)cc1F.O=S(=O)([O-])C(F)(F)F.O=S(=O)([O-])C(F)(F)F. The third-order valence-electron chi connectivity index (χ3n) is 8.50. The highest BCUT2D eigenvalue weighted by Crippen LogP contribution is 2.39. The van der Waals surface area contributed by atoms with Gasteiger partial charge in [-0.1, -0.05) is 36.4 Å². The minimum atomic E-state index is -6.09. The summed E-state index contributed by atoms with van der Waals surface area (Å²) >= 11 is 1.95. The molecule has 0 saturated carbocycles. The van der Waals surface area contributed by atoms with E-state index in [0.717, 1.165) is 47.8 Å². The molecule has 0 aliphatic heterocycles. The van der Waals surface area contributed by atoms with Crippen LogP contribution in [-0.4, -0.2) is 78.8 Å². The molecule has 0 aliphatic carbocycles. The zero-order chi connectivity index (χ0) is 56.7. The van der Waals surface area contributed by atoms with Gasteiger partial charge in [0, 0.05) is 61.0 Å². The van der Waals surface area contributed by atoms with Gasteiger partial charge in [0.2, 0.25) is 0 Å². The molecule has 0 heterocycles. The van der Waals surface area contributed by atoms with Gasteiger partial charge < -0.3 is 9.11 Å². The van der Waals surface area contributed by atoms with Crippen molar-refractivity contribution in [3.05, 3.63) is 156 Å². The molecule has 0 aromatic heterocycles. The highest BCUT2D eigenvalue weighted by atomic mass is 32.2. The zero-order valence-electron chi connectivity index (χ0n) is 37.0. The van der Waals surface area contributed by atoms with Gasteiger partial charge in [0.05, 0.1) is 31.6 Å². The van der Waals surface area contributed by atoms with E-state index in [1.54, 1.807) is 73.2 Å². The monoisotopic (exact) mass is 1220 g/mol. The van der Waals surface area contributed by atoms with Gasteiger partial charge in [0.15, 0.2) is 69.3 Å². The van der Waals surface area contributed by atoms with Gasteiger partial charge in [-0.3, -0.25) is 0 Å². The van der Waals surface area contributed by atoms with E-state index in [2.05, 4.69) is 0 Å². The summed E-state index contributed by atoms with van der Waals surface area (Å²) in [5.41, 5.74) is -11.3. The number of sulfone groups is 2. The third-order valence-corrected chi connectivity index (χ3v) is 17.8. The summed E-state index contributed by atoms with van der Waals surface area (Å²) in [6.45, 7) is 0. The first-order valence-electron chi connectivity index (χ1n) is 18.8. The Bertz CT molecular complexity index is 3160. The molecule has 0 radical (unpaired) electrons. The van der Waals surface area contributed by atoms with E-state index in [1.807, 2.05) is 0 Å². The summed E-state index contributed by atoms with van der Waals surface area (Å²) in [5, 5.41) is 0. The summed E-state index contributed by atoms with van der Waals surface area (Å²) in [7, 11) is -23.1. The summed E-state index contributed by atoms with van der Waals surface area (Å²) in [6, 6.07) is 25.0. The van der Waals surface area contributed by atoms with Crippen molar-refractivity contribution in [2.75, 3.05) is 25.0 Å². The second-order valence-electron chi connectivity index (χ2n) is 13.9. The van der Waals surface area contributed by atoms with Crippen molar-refractivity contribution in [2.24, 2.45) is 0 Å². The average molecular weight is 1220 g/mol. The van der Waals surface area contributed by atoms with Crippen molar-refractivity contribution < 1.29 is 104 Å². The second-order valence-corrected chi connectivity index (χ2v) is 26.2. The van der Waals surface area contributed by atoms with E-state index in [0.29, 0.717) is 32.1 Å². The lowest BCUT2D eigenvalue weighted by Gasteiger charge is -2.11. The lowest BCUT2D eigenvalue weighted by molar-refractivity contribution is -0.0522. The average Bonchev–Trinajstić information content (AvgIpc) is 3.22. The maximum absolute atomic E-state index is 14.5. The smallest absolute Gasteiger partial charge is 0.485 e. The fourth-order valence-corrected chi connectivity index (χ4v) is 12.6. The maximum Gasteiger partial charge on any atom is 0.485 e. The first-order chi connectivity index (χ1) is 33.8. The van der Waals surface area contributed by atoms with Gasteiger partial charge in [-0.15, -0.1) is 23.5 Å². The van der Waals surface area contributed by atoms with Crippen molar-refractivity contribution in [1.82, 2.24) is 0 Å². The van der Waals surface area contributed by atoms with Crippen LogP contribution in [0.25, 0.3) is 0 Å². The van der Waals surface area contributed by atoms with Gasteiger partial charge >= 0.3 is 11.0 Å². The summed E-state index contributed by atoms with van der Waals surface area (Å²) < 4.78 is 280. The Hall–Kier alpha value is -4.54. The molecule has 404 valence electrons. The van der Waals surface area contributed by atoms with Crippen LogP contribution in [0.15, 0.2) is 158 Å². The van der Waals surface area contributed by atoms with Crippen LogP contribution in [0.3, 0.4) is 0 Å². The minimum absolute atomic E-state index is 0.0783. The molecule has 0 spiro atoms. The van der Waals surface area contributed by atoms with Gasteiger partial charge in [0.25, 0.3) is 0 Å². The lowest BCUT2D eigenvalue weighted by atomic mass is 10.3. The molecule has 10 nitrogen and oxygen atoms in total. The van der Waals surface area contributed by atoms with E-state index >= 15 is 0 Å². The minimum Gasteiger partial charge on any atom is -0.741 e. The first kappa shape index (κ1) is 63.8. The molecule has 6 rings (SSSR count). The molecule has 0 fully saturated rings. The number of benzene rings is 6. The third kappa shape index (κ3) is 16.7. The van der Waals surface area contributed by atoms with E-state index < -0.39 is 129 Å². The van der Waals surface area contributed by atoms with Crippen LogP contribution in [0.4, 0.5) is 61.5 Å². The second kappa shape index (κ2) is 25.1. The normalized spacial score (nSPS) is 12.3. The number of rotatable bonds is 10. The van der Waals surface area contributed by atoms with Crippen LogP contribution in [0, 0.1) is 46.5 Å². The van der Waals surface area contributed by atoms with Gasteiger partial charge in [-0.2, -0.15) is 26.3 Å². The van der Waals surface area contributed by atoms with Crippen molar-refractivity contribution in [3.8, 4) is 0 Å². The summed E-state index contributed by atoms with van der Waals surface area (Å²) in [5.74, 6) is -8.14. The predicted molar refractivity (Wildman–Crippen MR) is 244 cm³/mol. The molecule has 0 amide bonds. The van der Waals surface area contributed by atoms with E-state index in [1.165, 1.54) is 24.3 Å². The van der Waals surface area contributed by atoms with Crippen molar-refractivity contribution >= 4 is 85.2 Å². The number of alkyl halides is 6. The molecule has 6 aromatic rings. The van der Waals surface area contributed by atoms with Gasteiger partial charge in [0.1, 0.15) is 56.3 Å². The summed E-state index contributed by atoms with van der Waals surface area (Å²) in [6.07, 6.45) is 4.48. The number of hydrogen-bond donors (Lipinski definition) is 0. The molecule has 0 aliphatic rings. The Kier molecular flexibility index (Phi) is 21.6. The molecular formula is C42H30F14O10S8. The van der Waals surface area contributed by atoms with E-state index in [4.69, 9.17) is 25.9 Å². The van der Waals surface area contributed by atoms with Crippen LogP contribution in [-0.2, 0) is 61.7 Å². The fraction of sp³-hybridized carbons (Fsp3) is 0.143. The Morgan fingerprint density at radius 1 is 0.378 bits per heavy atom. The van der Waals surface area contributed by atoms with Crippen LogP contribution in [0.2, 0.25) is 0 Å². The lowest BCUT2D eigenvalue weighted by Crippen LogP contribution is -2.21. The van der Waals surface area contributed by atoms with E-state index in [9.17, 15) is 78.3 Å². The quantitative estimate of drug-likeness (QED) is 0.0417. The number of hydrogen-bond acceptors (Lipinski definition) is 12. The molecule has 0 atom stereocenters. The van der Waals surface area contributed by atoms with Crippen LogP contribution in [0.5, 0.6) is 0 Å². The molecule has 0 bridgehead atoms. The molecule has 0 unspecified atom stereocenters. The predicted octanol–water partition coefficient (Wildman–Crippen LogP) is 11.0. The maximum atomic E-state index is 14.5. The first-order valence-corrected chi connectivity index (χ1v) is 30.3. The molecule has 74 heavy (non-hydrogen) atoms. The van der Waals surface area contributed by atoms with Crippen molar-refractivity contribution in [2.45, 2.75) is 60.0 Å². The standard InChI is InChI=1S/C20H15F4O4S3.C20H15F4S3.2CHF3O3S/c1-30(25,26)19-15(21)8-13(9-16(19)22)29(12-6-4-3-5-7-12)14-10-17(23)20(18(24)11-14)31(2,27)28;1-25-19-15(21)8-13(9-16(19)22)27(12-6-4-3-5-7-12)14-10-17(23)20(26-2)18(24)11-14;2*2-1(3,4)8(5,6)7/h3-11H,1-2H3;3-11H,1-2H3;2*(H,5,6,7)/q2*+1;;/p-2. The van der Waals surface area contributed by atoms with Gasteiger partial charge in [-0.05, 0) is 36.8 Å². The molecular weight excluding hydrogens is 1190 g/mol.